The predicted molar refractivity (Wildman–Crippen MR) is 90.1 cm³/mol. The maximum Gasteiger partial charge on any atom is 0.255 e. The molecule has 0 aliphatic heterocycles. The number of benzene rings is 2. The molecule has 2 aromatic rings. The Morgan fingerprint density at radius 3 is 2.48 bits per heavy atom. The number of nitrogens with one attached hydrogen (secondary N) is 1. The fourth-order valence-corrected chi connectivity index (χ4v) is 2.56. The van der Waals surface area contributed by atoms with E-state index in [2.05, 4.69) is 27.9 Å². The number of hydrogen-bond acceptors (Lipinski definition) is 3. The lowest BCUT2D eigenvalue weighted by atomic mass is 10.1. The van der Waals surface area contributed by atoms with Crippen LogP contribution in [0.1, 0.15) is 27.6 Å². The van der Waals surface area contributed by atoms with Crippen LogP contribution >= 0.6 is 22.6 Å². The van der Waals surface area contributed by atoms with Crippen molar-refractivity contribution in [2.24, 2.45) is 0 Å². The highest BCUT2D eigenvalue weighted by Gasteiger charge is 2.10. The van der Waals surface area contributed by atoms with Gasteiger partial charge in [-0.25, -0.2) is 0 Å². The number of anilines is 1. The third kappa shape index (κ3) is 3.81. The van der Waals surface area contributed by atoms with Crippen LogP contribution in [0.2, 0.25) is 0 Å². The molecule has 0 heterocycles. The predicted octanol–water partition coefficient (Wildman–Crippen LogP) is 3.75. The van der Waals surface area contributed by atoms with E-state index in [1.165, 1.54) is 6.92 Å². The second kappa shape index (κ2) is 6.71. The number of ketones is 1. The molecular formula is C16H14INO3. The van der Waals surface area contributed by atoms with Crippen LogP contribution in [0, 0.1) is 3.57 Å². The van der Waals surface area contributed by atoms with Crippen LogP contribution in [-0.2, 0) is 0 Å². The summed E-state index contributed by atoms with van der Waals surface area (Å²) < 4.78 is 6.02. The van der Waals surface area contributed by atoms with E-state index in [1.807, 2.05) is 0 Å². The minimum absolute atomic E-state index is 0.0369. The molecule has 0 unspecified atom stereocenters. The maximum absolute atomic E-state index is 12.2. The lowest BCUT2D eigenvalue weighted by molar-refractivity contribution is 0.101. The van der Waals surface area contributed by atoms with Gasteiger partial charge in [0.1, 0.15) is 5.75 Å². The van der Waals surface area contributed by atoms with Crippen molar-refractivity contribution in [2.75, 3.05) is 12.4 Å². The zero-order valence-corrected chi connectivity index (χ0v) is 13.8. The van der Waals surface area contributed by atoms with Crippen molar-refractivity contribution >= 4 is 40.0 Å². The van der Waals surface area contributed by atoms with E-state index in [1.54, 1.807) is 49.6 Å². The Hall–Kier alpha value is -1.89. The van der Waals surface area contributed by atoms with Crippen molar-refractivity contribution < 1.29 is 14.3 Å². The summed E-state index contributed by atoms with van der Waals surface area (Å²) in [5.74, 6) is 0.465. The molecule has 21 heavy (non-hydrogen) atoms. The third-order valence-electron chi connectivity index (χ3n) is 2.94. The molecule has 0 atom stereocenters. The van der Waals surface area contributed by atoms with Crippen molar-refractivity contribution in [2.45, 2.75) is 6.92 Å². The van der Waals surface area contributed by atoms with E-state index in [0.717, 1.165) is 9.32 Å². The first-order valence-electron chi connectivity index (χ1n) is 6.27. The molecule has 0 aliphatic rings. The van der Waals surface area contributed by atoms with Crippen molar-refractivity contribution in [1.29, 1.82) is 0 Å². The van der Waals surface area contributed by atoms with Gasteiger partial charge in [-0.15, -0.1) is 0 Å². The summed E-state index contributed by atoms with van der Waals surface area (Å²) in [4.78, 5) is 23.5. The zero-order valence-electron chi connectivity index (χ0n) is 11.6. The summed E-state index contributed by atoms with van der Waals surface area (Å²) in [5.41, 5.74) is 1.70. The van der Waals surface area contributed by atoms with Crippen LogP contribution in [0.25, 0.3) is 0 Å². The van der Waals surface area contributed by atoms with Gasteiger partial charge in [-0.05, 0) is 59.8 Å². The first-order chi connectivity index (χ1) is 10.0. The smallest absolute Gasteiger partial charge is 0.255 e. The Morgan fingerprint density at radius 1 is 1.10 bits per heavy atom. The van der Waals surface area contributed by atoms with Crippen LogP contribution in [0.4, 0.5) is 5.69 Å². The Labute approximate surface area is 136 Å². The quantitative estimate of drug-likeness (QED) is 0.634. The number of amides is 1. The fraction of sp³-hybridized carbons (Fsp3) is 0.125. The highest BCUT2D eigenvalue weighted by Crippen LogP contribution is 2.22. The van der Waals surface area contributed by atoms with Gasteiger partial charge in [0.25, 0.3) is 5.91 Å². The number of ether oxygens (including phenoxy) is 1. The highest BCUT2D eigenvalue weighted by molar-refractivity contribution is 14.1. The van der Waals surface area contributed by atoms with Crippen LogP contribution in [0.5, 0.6) is 5.75 Å². The monoisotopic (exact) mass is 395 g/mol. The van der Waals surface area contributed by atoms with Crippen LogP contribution in [-0.4, -0.2) is 18.8 Å². The minimum atomic E-state index is -0.226. The normalized spacial score (nSPS) is 10.0. The molecular weight excluding hydrogens is 381 g/mol. The second-order valence-electron chi connectivity index (χ2n) is 4.44. The van der Waals surface area contributed by atoms with Crippen LogP contribution < -0.4 is 10.1 Å². The van der Waals surface area contributed by atoms with Gasteiger partial charge in [0.2, 0.25) is 0 Å². The largest absolute Gasteiger partial charge is 0.496 e. The van der Waals surface area contributed by atoms with Crippen LogP contribution in [0.3, 0.4) is 0 Å². The SMILES string of the molecule is COc1ccc(C(=O)Nc2cccc(C(C)=O)c2)cc1I. The number of carbonyl (C=O) groups is 2. The average molecular weight is 395 g/mol. The molecule has 0 aliphatic carbocycles. The van der Waals surface area contributed by atoms with Crippen LogP contribution in [0.15, 0.2) is 42.5 Å². The molecule has 0 bridgehead atoms. The van der Waals surface area contributed by atoms with Crippen molar-refractivity contribution in [3.05, 3.63) is 57.2 Å². The molecule has 5 heteroatoms. The zero-order chi connectivity index (χ0) is 15.4. The summed E-state index contributed by atoms with van der Waals surface area (Å²) in [6, 6.07) is 12.1. The first kappa shape index (κ1) is 15.5. The highest BCUT2D eigenvalue weighted by atomic mass is 127. The topological polar surface area (TPSA) is 55.4 Å². The molecule has 108 valence electrons. The fourth-order valence-electron chi connectivity index (χ4n) is 1.83. The number of hydrogen-bond donors (Lipinski definition) is 1. The summed E-state index contributed by atoms with van der Waals surface area (Å²) in [6.45, 7) is 1.49. The molecule has 1 N–H and O–H groups in total. The van der Waals surface area contributed by atoms with Gasteiger partial charge >= 0.3 is 0 Å². The molecule has 0 radical (unpaired) electrons. The molecule has 0 fully saturated rings. The Bertz CT molecular complexity index is 698. The average Bonchev–Trinajstić information content (AvgIpc) is 2.47. The molecule has 0 spiro atoms. The Morgan fingerprint density at radius 2 is 1.86 bits per heavy atom. The molecule has 4 nitrogen and oxygen atoms in total. The lowest BCUT2D eigenvalue weighted by Gasteiger charge is -2.08. The molecule has 0 aromatic heterocycles. The van der Waals surface area contributed by atoms with E-state index >= 15 is 0 Å². The molecule has 0 saturated carbocycles. The second-order valence-corrected chi connectivity index (χ2v) is 5.60. The number of Topliss-reactive ketones (excluding diaryl/α,β-unsaturated/α-hetero) is 1. The summed E-state index contributed by atoms with van der Waals surface area (Å²) in [6.07, 6.45) is 0. The standard InChI is InChI=1S/C16H14INO3/c1-10(19)11-4-3-5-13(8-11)18-16(20)12-6-7-15(21-2)14(17)9-12/h3-9H,1-2H3,(H,18,20). The van der Waals surface area contributed by atoms with E-state index in [9.17, 15) is 9.59 Å². The van der Waals surface area contributed by atoms with Gasteiger partial charge < -0.3 is 10.1 Å². The van der Waals surface area contributed by atoms with E-state index in [4.69, 9.17) is 4.74 Å². The summed E-state index contributed by atoms with van der Waals surface area (Å²) in [5, 5.41) is 2.78. The third-order valence-corrected chi connectivity index (χ3v) is 3.78. The van der Waals surface area contributed by atoms with Gasteiger partial charge in [0, 0.05) is 16.8 Å². The number of halogens is 1. The van der Waals surface area contributed by atoms with E-state index in [0.29, 0.717) is 16.8 Å². The number of carbonyl (C=O) groups excluding carboxylic acids is 2. The summed E-state index contributed by atoms with van der Waals surface area (Å²) >= 11 is 2.11. The molecule has 0 saturated heterocycles. The maximum atomic E-state index is 12.2. The molecule has 2 aromatic carbocycles. The van der Waals surface area contributed by atoms with Gasteiger partial charge in [0.05, 0.1) is 10.7 Å². The Balaban J connectivity index is 2.20. The molecule has 2 rings (SSSR count). The van der Waals surface area contributed by atoms with E-state index in [-0.39, 0.29) is 11.7 Å². The first-order valence-corrected chi connectivity index (χ1v) is 7.35. The van der Waals surface area contributed by atoms with Crippen molar-refractivity contribution in [3.63, 3.8) is 0 Å². The van der Waals surface area contributed by atoms with Gasteiger partial charge in [0.15, 0.2) is 5.78 Å². The van der Waals surface area contributed by atoms with Gasteiger partial charge in [-0.2, -0.15) is 0 Å². The number of rotatable bonds is 4. The Kier molecular flexibility index (Phi) is 4.95. The van der Waals surface area contributed by atoms with Gasteiger partial charge in [-0.1, -0.05) is 12.1 Å². The molecule has 1 amide bonds. The summed E-state index contributed by atoms with van der Waals surface area (Å²) in [7, 11) is 1.59. The van der Waals surface area contributed by atoms with Crippen molar-refractivity contribution in [3.8, 4) is 5.75 Å². The van der Waals surface area contributed by atoms with Crippen molar-refractivity contribution in [1.82, 2.24) is 0 Å². The minimum Gasteiger partial charge on any atom is -0.496 e. The lowest BCUT2D eigenvalue weighted by Crippen LogP contribution is -2.12. The van der Waals surface area contributed by atoms with E-state index < -0.39 is 0 Å². The van der Waals surface area contributed by atoms with Gasteiger partial charge in [-0.3, -0.25) is 9.59 Å². The number of methoxy groups -OCH3 is 1.